The minimum absolute atomic E-state index is 0.784. The zero-order valence-electron chi connectivity index (χ0n) is 23.8. The molecule has 7 aromatic carbocycles. The van der Waals surface area contributed by atoms with Crippen molar-refractivity contribution in [1.82, 2.24) is 0 Å². The van der Waals surface area contributed by atoms with Gasteiger partial charge in [-0.2, -0.15) is 0 Å². The van der Waals surface area contributed by atoms with E-state index in [1.54, 1.807) is 22.7 Å². The average Bonchev–Trinajstić information content (AvgIpc) is 3.67. The van der Waals surface area contributed by atoms with Crippen LogP contribution in [0.1, 0.15) is 0 Å². The van der Waals surface area contributed by atoms with E-state index in [1.165, 1.54) is 52.8 Å². The Kier molecular flexibility index (Phi) is 6.36. The van der Waals surface area contributed by atoms with Gasteiger partial charge in [0.15, 0.2) is 0 Å². The van der Waals surface area contributed by atoms with Crippen LogP contribution in [0.25, 0.3) is 62.2 Å². The molecule has 9 rings (SSSR count). The molecule has 0 aliphatic heterocycles. The number of halogens is 2. The largest absolute Gasteiger partial charge is 0.308 e. The van der Waals surface area contributed by atoms with Crippen LogP contribution in [0, 0.1) is 0 Å². The lowest BCUT2D eigenvalue weighted by atomic mass is 9.98. The Balaban J connectivity index is 1.31. The summed E-state index contributed by atoms with van der Waals surface area (Å²) in [4.78, 5) is 2.41. The monoisotopic (exact) mass is 651 g/mol. The van der Waals surface area contributed by atoms with Gasteiger partial charge >= 0.3 is 0 Å². The molecule has 0 spiro atoms. The average molecular weight is 653 g/mol. The van der Waals surface area contributed by atoms with Gasteiger partial charge in [0, 0.05) is 27.2 Å². The van der Waals surface area contributed by atoms with Crippen LogP contribution in [-0.4, -0.2) is 0 Å². The SMILES string of the molecule is Clc1cccc2c1sc1c(N(c3ccc(-c4cccc5ccccc45)cc3)c3cccc4c3sc3c(Cl)cccc34)cccc12. The fraction of sp³-hybridized carbons (Fsp3) is 0. The molecular weight excluding hydrogens is 629 g/mol. The van der Waals surface area contributed by atoms with Gasteiger partial charge in [0.25, 0.3) is 0 Å². The molecule has 0 fully saturated rings. The quantitative estimate of drug-likeness (QED) is 0.183. The fourth-order valence-corrected chi connectivity index (χ4v) is 9.57. The molecule has 1 nitrogen and oxygen atoms in total. The van der Waals surface area contributed by atoms with Gasteiger partial charge in [-0.1, -0.05) is 126 Å². The van der Waals surface area contributed by atoms with Crippen molar-refractivity contribution >= 4 is 114 Å². The first-order chi connectivity index (χ1) is 22.2. The molecule has 0 saturated heterocycles. The first-order valence-corrected chi connectivity index (χ1v) is 17.1. The third-order valence-electron chi connectivity index (χ3n) is 8.62. The summed E-state index contributed by atoms with van der Waals surface area (Å²) in [6, 6.07) is 49.6. The van der Waals surface area contributed by atoms with Gasteiger partial charge in [-0.15, -0.1) is 22.7 Å². The highest BCUT2D eigenvalue weighted by atomic mass is 35.5. The first-order valence-electron chi connectivity index (χ1n) is 14.7. The van der Waals surface area contributed by atoms with Crippen LogP contribution in [0.5, 0.6) is 0 Å². The van der Waals surface area contributed by atoms with Crippen LogP contribution in [0.4, 0.5) is 17.1 Å². The van der Waals surface area contributed by atoms with Gasteiger partial charge in [0.2, 0.25) is 0 Å². The van der Waals surface area contributed by atoms with Gasteiger partial charge < -0.3 is 4.90 Å². The summed E-state index contributed by atoms with van der Waals surface area (Å²) in [5, 5.41) is 8.84. The fourth-order valence-electron chi connectivity index (χ4n) is 6.57. The van der Waals surface area contributed by atoms with E-state index >= 15 is 0 Å². The summed E-state index contributed by atoms with van der Waals surface area (Å²) < 4.78 is 4.63. The maximum atomic E-state index is 6.74. The van der Waals surface area contributed by atoms with E-state index in [4.69, 9.17) is 23.2 Å². The summed E-state index contributed by atoms with van der Waals surface area (Å²) in [5.74, 6) is 0. The lowest BCUT2D eigenvalue weighted by Gasteiger charge is -2.27. The number of fused-ring (bicyclic) bond motifs is 7. The third kappa shape index (κ3) is 4.27. The normalized spacial score (nSPS) is 11.8. The van der Waals surface area contributed by atoms with Crippen LogP contribution in [0.3, 0.4) is 0 Å². The predicted molar refractivity (Wildman–Crippen MR) is 200 cm³/mol. The summed E-state index contributed by atoms with van der Waals surface area (Å²) in [7, 11) is 0. The highest BCUT2D eigenvalue weighted by molar-refractivity contribution is 7.27. The smallest absolute Gasteiger partial charge is 0.0640 e. The molecule has 0 saturated carbocycles. The van der Waals surface area contributed by atoms with Crippen molar-refractivity contribution in [1.29, 1.82) is 0 Å². The van der Waals surface area contributed by atoms with Crippen molar-refractivity contribution in [3.8, 4) is 11.1 Å². The number of anilines is 3. The van der Waals surface area contributed by atoms with E-state index in [0.717, 1.165) is 36.5 Å². The van der Waals surface area contributed by atoms with E-state index < -0.39 is 0 Å². The van der Waals surface area contributed by atoms with Crippen molar-refractivity contribution in [2.24, 2.45) is 0 Å². The lowest BCUT2D eigenvalue weighted by Crippen LogP contribution is -2.10. The minimum atomic E-state index is 0.784. The van der Waals surface area contributed by atoms with Crippen molar-refractivity contribution in [2.45, 2.75) is 0 Å². The molecule has 0 bridgehead atoms. The summed E-state index contributed by atoms with van der Waals surface area (Å²) in [5.41, 5.74) is 5.76. The molecule has 0 atom stereocenters. The molecule has 214 valence electrons. The van der Waals surface area contributed by atoms with Crippen LogP contribution in [0.2, 0.25) is 10.0 Å². The number of benzene rings is 7. The van der Waals surface area contributed by atoms with Crippen molar-refractivity contribution in [3.05, 3.63) is 150 Å². The Bertz CT molecular complexity index is 2450. The standard InChI is InChI=1S/C40H23Cl2NS2/c41-33-16-4-12-29-31-14-6-18-35(39(31)44-37(29)33)43(36-19-7-15-32-30-13-5-17-34(42)38(30)45-40(32)36)26-22-20-25(21-23-26)28-11-3-9-24-8-1-2-10-27(24)28/h1-23H. The molecule has 0 unspecified atom stereocenters. The van der Waals surface area contributed by atoms with Gasteiger partial charge in [0.05, 0.1) is 40.2 Å². The number of rotatable bonds is 4. The maximum absolute atomic E-state index is 6.74. The van der Waals surface area contributed by atoms with Crippen molar-refractivity contribution in [3.63, 3.8) is 0 Å². The van der Waals surface area contributed by atoms with Gasteiger partial charge in [-0.25, -0.2) is 0 Å². The van der Waals surface area contributed by atoms with E-state index in [0.29, 0.717) is 0 Å². The van der Waals surface area contributed by atoms with E-state index in [9.17, 15) is 0 Å². The molecule has 2 heterocycles. The molecule has 2 aromatic heterocycles. The molecule has 5 heteroatoms. The number of hydrogen-bond donors (Lipinski definition) is 0. The second-order valence-corrected chi connectivity index (χ2v) is 14.0. The highest BCUT2D eigenvalue weighted by Crippen LogP contribution is 2.50. The predicted octanol–water partition coefficient (Wildman–Crippen LogP) is 14.0. The molecule has 9 aromatic rings. The lowest BCUT2D eigenvalue weighted by molar-refractivity contribution is 1.32. The van der Waals surface area contributed by atoms with E-state index in [1.807, 2.05) is 24.3 Å². The molecule has 0 amide bonds. The number of nitrogens with zero attached hydrogens (tertiary/aromatic N) is 1. The van der Waals surface area contributed by atoms with Gasteiger partial charge in [0.1, 0.15) is 0 Å². The molecule has 0 radical (unpaired) electrons. The van der Waals surface area contributed by atoms with E-state index in [-0.39, 0.29) is 0 Å². The first kappa shape index (κ1) is 27.0. The Morgan fingerprint density at radius 1 is 0.400 bits per heavy atom. The second-order valence-electron chi connectivity index (χ2n) is 11.2. The van der Waals surface area contributed by atoms with Gasteiger partial charge in [-0.3, -0.25) is 0 Å². The van der Waals surface area contributed by atoms with E-state index in [2.05, 4.69) is 120 Å². The summed E-state index contributed by atoms with van der Waals surface area (Å²) in [6.45, 7) is 0. The van der Waals surface area contributed by atoms with Crippen molar-refractivity contribution in [2.75, 3.05) is 4.90 Å². The Morgan fingerprint density at radius 3 is 1.47 bits per heavy atom. The Labute approximate surface area is 278 Å². The zero-order valence-corrected chi connectivity index (χ0v) is 26.9. The molecule has 0 aliphatic carbocycles. The molecule has 0 aliphatic rings. The highest BCUT2D eigenvalue weighted by Gasteiger charge is 2.22. The second kappa shape index (κ2) is 10.6. The molecule has 45 heavy (non-hydrogen) atoms. The van der Waals surface area contributed by atoms with Crippen LogP contribution in [-0.2, 0) is 0 Å². The summed E-state index contributed by atoms with van der Waals surface area (Å²) >= 11 is 17.0. The molecular formula is C40H23Cl2NS2. The summed E-state index contributed by atoms with van der Waals surface area (Å²) in [6.07, 6.45) is 0. The number of thiophene rings is 2. The van der Waals surface area contributed by atoms with Crippen LogP contribution < -0.4 is 4.90 Å². The maximum Gasteiger partial charge on any atom is 0.0640 e. The number of hydrogen-bond acceptors (Lipinski definition) is 3. The van der Waals surface area contributed by atoms with Crippen molar-refractivity contribution < 1.29 is 0 Å². The van der Waals surface area contributed by atoms with Gasteiger partial charge in [-0.05, 0) is 58.3 Å². The topological polar surface area (TPSA) is 3.24 Å². The minimum Gasteiger partial charge on any atom is -0.308 e. The molecule has 0 N–H and O–H groups in total. The van der Waals surface area contributed by atoms with Crippen LogP contribution in [0.15, 0.2) is 140 Å². The Hall–Kier alpha value is -4.38. The third-order valence-corrected chi connectivity index (χ3v) is 12.0. The zero-order chi connectivity index (χ0) is 30.1. The Morgan fingerprint density at radius 2 is 0.867 bits per heavy atom. The van der Waals surface area contributed by atoms with Crippen LogP contribution >= 0.6 is 45.9 Å².